The summed E-state index contributed by atoms with van der Waals surface area (Å²) in [6, 6.07) is 29.9. The van der Waals surface area contributed by atoms with E-state index in [1.54, 1.807) is 33.7 Å². The Balaban J connectivity index is 0.000000167. The molecule has 15 heteroatoms. The van der Waals surface area contributed by atoms with E-state index in [1.165, 1.54) is 18.3 Å². The van der Waals surface area contributed by atoms with Gasteiger partial charge >= 0.3 is 0 Å². The van der Waals surface area contributed by atoms with Crippen LogP contribution in [-0.4, -0.2) is 45.5 Å². The van der Waals surface area contributed by atoms with E-state index in [-0.39, 0.29) is 18.5 Å². The Morgan fingerprint density at radius 3 is 1.81 bits per heavy atom. The van der Waals surface area contributed by atoms with Crippen molar-refractivity contribution in [1.29, 1.82) is 0 Å². The van der Waals surface area contributed by atoms with Gasteiger partial charge < -0.3 is 21.0 Å². The largest absolute Gasteiger partial charge is 0.384 e. The van der Waals surface area contributed by atoms with E-state index in [0.717, 1.165) is 54.1 Å². The number of carbonyl (C=O) groups excluding carboxylic acids is 1. The van der Waals surface area contributed by atoms with Gasteiger partial charge in [-0.3, -0.25) is 14.4 Å². The average molecular weight is 825 g/mol. The third kappa shape index (κ3) is 8.93. The first-order valence-electron chi connectivity index (χ1n) is 15.3. The Labute approximate surface area is 313 Å². The predicted octanol–water partition coefficient (Wildman–Crippen LogP) is 7.02. The van der Waals surface area contributed by atoms with Crippen LogP contribution >= 0.6 is 31.9 Å². The molecule has 0 aliphatic rings. The number of pyridine rings is 2. The highest BCUT2D eigenvalue weighted by Crippen LogP contribution is 2.26. The zero-order valence-electron chi connectivity index (χ0n) is 26.6. The number of benzene rings is 2. The molecule has 0 aliphatic carbocycles. The third-order valence-electron chi connectivity index (χ3n) is 7.27. The summed E-state index contributed by atoms with van der Waals surface area (Å²) in [5, 5.41) is 11.8. The number of aldehydes is 1. The van der Waals surface area contributed by atoms with Gasteiger partial charge in [0, 0.05) is 59.9 Å². The van der Waals surface area contributed by atoms with Crippen LogP contribution in [0.4, 0.5) is 11.6 Å². The molecule has 0 radical (unpaired) electrons. The molecule has 0 saturated heterocycles. The van der Waals surface area contributed by atoms with Gasteiger partial charge in [0.2, 0.25) is 11.1 Å². The Bertz CT molecular complexity index is 2550. The second-order valence-corrected chi connectivity index (χ2v) is 12.5. The number of anilines is 2. The van der Waals surface area contributed by atoms with Crippen molar-refractivity contribution < 1.29 is 4.79 Å². The lowest BCUT2D eigenvalue weighted by Crippen LogP contribution is -2.10. The Morgan fingerprint density at radius 2 is 1.25 bits per heavy atom. The number of fused-ring (bicyclic) bond motifs is 2. The highest BCUT2D eigenvalue weighted by atomic mass is 79.9. The number of nitrogen functional groups attached to an aromatic ring is 1. The minimum Gasteiger partial charge on any atom is -0.384 e. The van der Waals surface area contributed by atoms with Crippen molar-refractivity contribution in [1.82, 2.24) is 39.2 Å². The van der Waals surface area contributed by atoms with Crippen LogP contribution in [-0.2, 0) is 6.54 Å². The zero-order valence-corrected chi connectivity index (χ0v) is 29.7. The average Bonchev–Trinajstić information content (AvgIpc) is 3.73. The number of H-pyrrole nitrogens is 2. The normalized spacial score (nSPS) is 10.3. The standard InChI is InChI=1S/C18H14BrN5O.C12H9BrN4.C6H5NO2.CH4/c19-14-11-22-24-16(21-10-12-6-7-20-17(25)8-12)9-15(23-18(14)24)13-4-2-1-3-5-13;13-9-7-15-17-11(14)6-10(16-12(9)17)8-4-2-1-3-5-8;8-4-5-1-2-7-6(9)3-5;/h1-9,11,21H,10H2,(H,20,25);1-7H,14H2;1-4H,(H,7,9);1H4. The number of halogens is 2. The summed E-state index contributed by atoms with van der Waals surface area (Å²) < 4.78 is 5.01. The molecule has 0 saturated carbocycles. The van der Waals surface area contributed by atoms with Crippen LogP contribution in [0, 0.1) is 0 Å². The molecule has 5 N–H and O–H groups in total. The molecule has 0 aliphatic heterocycles. The SMILES string of the molecule is C.Nc1cc(-c2ccccc2)nc2c(Br)cnn12.O=Cc1cc[nH]c(=O)c1.O=c1cc(CNc2cc(-c3ccccc3)nc3c(Br)cnn23)cc[nH]1. The van der Waals surface area contributed by atoms with Gasteiger partial charge in [-0.15, -0.1) is 0 Å². The van der Waals surface area contributed by atoms with Gasteiger partial charge in [0.05, 0.1) is 32.7 Å². The number of nitrogens with two attached hydrogens (primary N) is 1. The van der Waals surface area contributed by atoms with Crippen LogP contribution in [0.25, 0.3) is 33.8 Å². The second kappa shape index (κ2) is 17.2. The second-order valence-electron chi connectivity index (χ2n) is 10.8. The number of hydrogen-bond donors (Lipinski definition) is 4. The molecule has 262 valence electrons. The highest BCUT2D eigenvalue weighted by Gasteiger charge is 2.12. The molecule has 0 fully saturated rings. The molecule has 0 unspecified atom stereocenters. The molecule has 0 atom stereocenters. The molecule has 0 bridgehead atoms. The van der Waals surface area contributed by atoms with E-state index in [4.69, 9.17) is 10.7 Å². The van der Waals surface area contributed by atoms with Crippen LogP contribution in [0.2, 0.25) is 0 Å². The minimum atomic E-state index is -0.250. The Morgan fingerprint density at radius 1 is 0.712 bits per heavy atom. The van der Waals surface area contributed by atoms with Crippen LogP contribution in [0.15, 0.2) is 140 Å². The van der Waals surface area contributed by atoms with E-state index in [9.17, 15) is 14.4 Å². The minimum absolute atomic E-state index is 0. The van der Waals surface area contributed by atoms with Crippen LogP contribution in [0.1, 0.15) is 23.3 Å². The number of aromatic amines is 2. The van der Waals surface area contributed by atoms with E-state index < -0.39 is 0 Å². The van der Waals surface area contributed by atoms with Gasteiger partial charge in [0.15, 0.2) is 11.3 Å². The van der Waals surface area contributed by atoms with Gasteiger partial charge in [0.25, 0.3) is 0 Å². The van der Waals surface area contributed by atoms with Crippen molar-refractivity contribution in [2.45, 2.75) is 14.0 Å². The molecular formula is C37H32Br2N10O3. The number of carbonyl (C=O) groups is 1. The number of hydrogen-bond acceptors (Lipinski definition) is 9. The summed E-state index contributed by atoms with van der Waals surface area (Å²) in [6.45, 7) is 0.509. The number of aromatic nitrogens is 8. The van der Waals surface area contributed by atoms with Crippen LogP contribution < -0.4 is 22.2 Å². The van der Waals surface area contributed by atoms with Crippen molar-refractivity contribution in [3.8, 4) is 22.5 Å². The number of nitrogens with one attached hydrogen (secondary N) is 3. The number of nitrogens with zero attached hydrogens (tertiary/aromatic N) is 6. The lowest BCUT2D eigenvalue weighted by molar-refractivity contribution is 0.112. The van der Waals surface area contributed by atoms with Crippen molar-refractivity contribution in [2.24, 2.45) is 0 Å². The van der Waals surface area contributed by atoms with Crippen molar-refractivity contribution in [3.05, 3.63) is 163 Å². The summed E-state index contributed by atoms with van der Waals surface area (Å²) >= 11 is 6.90. The fourth-order valence-corrected chi connectivity index (χ4v) is 5.56. The monoisotopic (exact) mass is 822 g/mol. The lowest BCUT2D eigenvalue weighted by atomic mass is 10.1. The molecule has 6 heterocycles. The van der Waals surface area contributed by atoms with Crippen molar-refractivity contribution >= 4 is 61.1 Å². The predicted molar refractivity (Wildman–Crippen MR) is 210 cm³/mol. The highest BCUT2D eigenvalue weighted by molar-refractivity contribution is 9.11. The van der Waals surface area contributed by atoms with Crippen LogP contribution in [0.3, 0.4) is 0 Å². The summed E-state index contributed by atoms with van der Waals surface area (Å²) in [5.74, 6) is 1.37. The summed E-state index contributed by atoms with van der Waals surface area (Å²) in [5.41, 5.74) is 12.1. The molecule has 13 nitrogen and oxygen atoms in total. The molecule has 8 rings (SSSR count). The van der Waals surface area contributed by atoms with Crippen LogP contribution in [0.5, 0.6) is 0 Å². The van der Waals surface area contributed by atoms with E-state index in [2.05, 4.69) is 62.3 Å². The van der Waals surface area contributed by atoms with Gasteiger partial charge in [-0.05, 0) is 49.6 Å². The maximum Gasteiger partial charge on any atom is 0.248 e. The van der Waals surface area contributed by atoms with Gasteiger partial charge in [-0.25, -0.2) is 9.97 Å². The maximum absolute atomic E-state index is 11.4. The first-order valence-corrected chi connectivity index (χ1v) is 16.9. The molecule has 6 aromatic heterocycles. The van der Waals surface area contributed by atoms with E-state index in [1.807, 2.05) is 78.9 Å². The smallest absolute Gasteiger partial charge is 0.248 e. The molecule has 0 amide bonds. The zero-order chi connectivity index (χ0) is 35.7. The van der Waals surface area contributed by atoms with E-state index >= 15 is 0 Å². The van der Waals surface area contributed by atoms with E-state index in [0.29, 0.717) is 24.2 Å². The Kier molecular flexibility index (Phi) is 12.2. The Hall–Kier alpha value is -6.19. The fraction of sp³-hybridized carbons (Fsp3) is 0.0541. The third-order valence-corrected chi connectivity index (χ3v) is 8.39. The van der Waals surface area contributed by atoms with Crippen molar-refractivity contribution in [2.75, 3.05) is 11.1 Å². The number of rotatable bonds is 6. The molecule has 2 aromatic carbocycles. The molecule has 8 aromatic rings. The topological polar surface area (TPSA) is 181 Å². The first kappa shape index (κ1) is 37.1. The molecular weight excluding hydrogens is 792 g/mol. The summed E-state index contributed by atoms with van der Waals surface area (Å²) in [6.07, 6.45) is 7.12. The maximum atomic E-state index is 11.4. The van der Waals surface area contributed by atoms with Gasteiger partial charge in [0.1, 0.15) is 17.9 Å². The van der Waals surface area contributed by atoms with Crippen molar-refractivity contribution in [3.63, 3.8) is 0 Å². The molecule has 0 spiro atoms. The summed E-state index contributed by atoms with van der Waals surface area (Å²) in [4.78, 5) is 46.1. The first-order chi connectivity index (χ1) is 24.8. The quantitative estimate of drug-likeness (QED) is 0.128. The molecule has 52 heavy (non-hydrogen) atoms. The fourth-order valence-electron chi connectivity index (χ4n) is 4.86. The van der Waals surface area contributed by atoms with Gasteiger partial charge in [-0.1, -0.05) is 68.1 Å². The van der Waals surface area contributed by atoms with Gasteiger partial charge in [-0.2, -0.15) is 19.2 Å². The lowest BCUT2D eigenvalue weighted by Gasteiger charge is -2.11. The summed E-state index contributed by atoms with van der Waals surface area (Å²) in [7, 11) is 0.